The number of benzene rings is 1. The van der Waals surface area contributed by atoms with Crippen molar-refractivity contribution in [2.75, 3.05) is 18.5 Å². The van der Waals surface area contributed by atoms with E-state index in [2.05, 4.69) is 5.32 Å². The summed E-state index contributed by atoms with van der Waals surface area (Å²) in [5.41, 5.74) is 2.06. The van der Waals surface area contributed by atoms with Gasteiger partial charge >= 0.3 is 0 Å². The number of anilines is 1. The third-order valence-electron chi connectivity index (χ3n) is 3.78. The van der Waals surface area contributed by atoms with Gasteiger partial charge in [0, 0.05) is 13.2 Å². The predicted molar refractivity (Wildman–Crippen MR) is 79.0 cm³/mol. The van der Waals surface area contributed by atoms with Crippen molar-refractivity contribution in [2.45, 2.75) is 25.9 Å². The fourth-order valence-electron chi connectivity index (χ4n) is 2.58. The number of hydrogen-bond donors (Lipinski definition) is 1. The van der Waals surface area contributed by atoms with Crippen LogP contribution in [0.4, 0.5) is 5.69 Å². The molecule has 0 radical (unpaired) electrons. The van der Waals surface area contributed by atoms with Crippen molar-refractivity contribution in [2.24, 2.45) is 0 Å². The Bertz CT molecular complexity index is 675. The molecule has 1 N–H and O–H groups in total. The topological polar surface area (TPSA) is 55.4 Å². The minimum absolute atomic E-state index is 0.144. The van der Waals surface area contributed by atoms with E-state index in [4.69, 9.17) is 4.74 Å². The summed E-state index contributed by atoms with van der Waals surface area (Å²) in [5.74, 6) is 0. The van der Waals surface area contributed by atoms with Gasteiger partial charge in [0.25, 0.3) is 0 Å². The first-order chi connectivity index (χ1) is 9.66. The lowest BCUT2D eigenvalue weighted by molar-refractivity contribution is 0.120. The fourth-order valence-corrected chi connectivity index (χ4v) is 2.58. The number of nitrogens with one attached hydrogen (secondary N) is 1. The van der Waals surface area contributed by atoms with E-state index in [0.29, 0.717) is 17.8 Å². The molecule has 0 bridgehead atoms. The van der Waals surface area contributed by atoms with Crippen LogP contribution >= 0.6 is 0 Å². The summed E-state index contributed by atoms with van der Waals surface area (Å²) < 4.78 is 5.51. The van der Waals surface area contributed by atoms with Crippen LogP contribution in [-0.2, 0) is 4.74 Å². The van der Waals surface area contributed by atoms with Gasteiger partial charge in [-0.05, 0) is 25.3 Å². The molecule has 2 aromatic rings. The van der Waals surface area contributed by atoms with Crippen molar-refractivity contribution in [3.05, 3.63) is 50.3 Å². The molecule has 0 spiro atoms. The van der Waals surface area contributed by atoms with Crippen LogP contribution < -0.4 is 16.2 Å². The number of hydrogen-bond acceptors (Lipinski definition) is 4. The van der Waals surface area contributed by atoms with Crippen LogP contribution in [0.25, 0.3) is 11.1 Å². The first-order valence-corrected chi connectivity index (χ1v) is 6.92. The zero-order valence-electron chi connectivity index (χ0n) is 11.4. The summed E-state index contributed by atoms with van der Waals surface area (Å²) in [7, 11) is 0. The third-order valence-corrected chi connectivity index (χ3v) is 3.78. The molecule has 1 aliphatic rings. The fraction of sp³-hybridized carbons (Fsp3) is 0.375. The lowest BCUT2D eigenvalue weighted by Gasteiger charge is -2.16. The van der Waals surface area contributed by atoms with Crippen LogP contribution in [0.5, 0.6) is 0 Å². The lowest BCUT2D eigenvalue weighted by Crippen LogP contribution is -2.37. The Morgan fingerprint density at radius 3 is 2.60 bits per heavy atom. The molecule has 1 fully saturated rings. The highest BCUT2D eigenvalue weighted by molar-refractivity contribution is 5.81. The molecule has 1 aliphatic heterocycles. The van der Waals surface area contributed by atoms with E-state index < -0.39 is 10.9 Å². The molecule has 0 unspecified atom stereocenters. The number of aryl methyl sites for hydroxylation is 1. The predicted octanol–water partition coefficient (Wildman–Crippen LogP) is 1.85. The Balaban J connectivity index is 1.81. The van der Waals surface area contributed by atoms with E-state index in [0.717, 1.165) is 30.6 Å². The SMILES string of the molecule is Cc1ccc(-c2c(NC[C@H]3CCCO3)c(=O)c2=O)cc1. The van der Waals surface area contributed by atoms with E-state index in [9.17, 15) is 9.59 Å². The van der Waals surface area contributed by atoms with Gasteiger partial charge < -0.3 is 10.1 Å². The molecular formula is C16H17NO3. The zero-order valence-corrected chi connectivity index (χ0v) is 11.4. The largest absolute Gasteiger partial charge is 0.379 e. The van der Waals surface area contributed by atoms with Crippen LogP contribution in [0.15, 0.2) is 33.9 Å². The monoisotopic (exact) mass is 271 g/mol. The van der Waals surface area contributed by atoms with Gasteiger partial charge in [-0.15, -0.1) is 0 Å². The van der Waals surface area contributed by atoms with Crippen LogP contribution in [0.1, 0.15) is 18.4 Å². The summed E-state index contributed by atoms with van der Waals surface area (Å²) in [5, 5.41) is 3.09. The van der Waals surface area contributed by atoms with Crippen molar-refractivity contribution in [1.29, 1.82) is 0 Å². The van der Waals surface area contributed by atoms with E-state index >= 15 is 0 Å². The maximum Gasteiger partial charge on any atom is 0.250 e. The van der Waals surface area contributed by atoms with E-state index in [1.807, 2.05) is 31.2 Å². The molecule has 4 heteroatoms. The first kappa shape index (κ1) is 13.1. The highest BCUT2D eigenvalue weighted by atomic mass is 16.5. The summed E-state index contributed by atoms with van der Waals surface area (Å²) in [4.78, 5) is 23.5. The molecular weight excluding hydrogens is 254 g/mol. The van der Waals surface area contributed by atoms with E-state index in [-0.39, 0.29) is 6.10 Å². The molecule has 0 saturated carbocycles. The second-order valence-corrected chi connectivity index (χ2v) is 5.29. The zero-order chi connectivity index (χ0) is 14.1. The molecule has 3 rings (SSSR count). The van der Waals surface area contributed by atoms with Gasteiger partial charge in [-0.25, -0.2) is 0 Å². The molecule has 20 heavy (non-hydrogen) atoms. The second kappa shape index (κ2) is 5.21. The molecule has 2 aromatic carbocycles. The van der Waals surface area contributed by atoms with Gasteiger partial charge in [0.1, 0.15) is 0 Å². The Kier molecular flexibility index (Phi) is 3.40. The Morgan fingerprint density at radius 2 is 1.95 bits per heavy atom. The summed E-state index contributed by atoms with van der Waals surface area (Å²) in [6, 6.07) is 7.64. The van der Waals surface area contributed by atoms with Crippen molar-refractivity contribution in [1.82, 2.24) is 0 Å². The number of ether oxygens (including phenoxy) is 1. The average molecular weight is 271 g/mol. The smallest absolute Gasteiger partial charge is 0.250 e. The van der Waals surface area contributed by atoms with Crippen molar-refractivity contribution in [3.63, 3.8) is 0 Å². The van der Waals surface area contributed by atoms with E-state index in [1.165, 1.54) is 0 Å². The van der Waals surface area contributed by atoms with Gasteiger partial charge in [-0.2, -0.15) is 0 Å². The van der Waals surface area contributed by atoms with Crippen LogP contribution in [0.3, 0.4) is 0 Å². The molecule has 1 heterocycles. The maximum absolute atomic E-state index is 11.8. The summed E-state index contributed by atoms with van der Waals surface area (Å²) in [6.07, 6.45) is 2.20. The average Bonchev–Trinajstić information content (AvgIpc) is 2.97. The normalized spacial score (nSPS) is 18.6. The Morgan fingerprint density at radius 1 is 1.20 bits per heavy atom. The van der Waals surface area contributed by atoms with Crippen molar-refractivity contribution < 1.29 is 4.74 Å². The van der Waals surface area contributed by atoms with Crippen LogP contribution in [0.2, 0.25) is 0 Å². The van der Waals surface area contributed by atoms with Gasteiger partial charge in [0.2, 0.25) is 10.9 Å². The molecule has 0 aliphatic carbocycles. The van der Waals surface area contributed by atoms with Crippen LogP contribution in [0, 0.1) is 6.92 Å². The maximum atomic E-state index is 11.8. The quantitative estimate of drug-likeness (QED) is 0.862. The third kappa shape index (κ3) is 2.27. The lowest BCUT2D eigenvalue weighted by atomic mass is 9.97. The van der Waals surface area contributed by atoms with Gasteiger partial charge in [-0.1, -0.05) is 29.8 Å². The first-order valence-electron chi connectivity index (χ1n) is 6.92. The van der Waals surface area contributed by atoms with Crippen molar-refractivity contribution >= 4 is 5.69 Å². The van der Waals surface area contributed by atoms with Crippen LogP contribution in [-0.4, -0.2) is 19.3 Å². The molecule has 0 amide bonds. The minimum Gasteiger partial charge on any atom is -0.379 e. The standard InChI is InChI=1S/C16H17NO3/c1-10-4-6-11(7-5-10)13-14(16(19)15(13)18)17-9-12-3-2-8-20-12/h4-7,12,17H,2-3,8-9H2,1H3/t12-/m1/s1. The van der Waals surface area contributed by atoms with Gasteiger partial charge in [0.05, 0.1) is 17.4 Å². The highest BCUT2D eigenvalue weighted by Crippen LogP contribution is 2.24. The van der Waals surface area contributed by atoms with Gasteiger partial charge in [-0.3, -0.25) is 9.59 Å². The minimum atomic E-state index is -0.418. The summed E-state index contributed by atoms with van der Waals surface area (Å²) >= 11 is 0. The molecule has 0 aromatic heterocycles. The molecule has 1 saturated heterocycles. The Labute approximate surface area is 117 Å². The summed E-state index contributed by atoms with van der Waals surface area (Å²) in [6.45, 7) is 3.36. The van der Waals surface area contributed by atoms with E-state index in [1.54, 1.807) is 0 Å². The highest BCUT2D eigenvalue weighted by Gasteiger charge is 2.23. The molecule has 4 nitrogen and oxygen atoms in total. The Hall–Kier alpha value is -1.94. The second-order valence-electron chi connectivity index (χ2n) is 5.29. The van der Waals surface area contributed by atoms with Crippen molar-refractivity contribution in [3.8, 4) is 11.1 Å². The molecule has 1 atom stereocenters. The van der Waals surface area contributed by atoms with Gasteiger partial charge in [0.15, 0.2) is 0 Å². The number of rotatable bonds is 4. The molecule has 104 valence electrons.